The summed E-state index contributed by atoms with van der Waals surface area (Å²) >= 11 is 1.27. The van der Waals surface area contributed by atoms with Gasteiger partial charge in [0, 0.05) is 12.0 Å². The number of anilines is 2. The number of carbonyl (C=O) groups excluding carboxylic acids is 2. The SMILES string of the molecule is COc1ccccc1NC(=O)NC(Cc1ccccc1)C(=O)Nc1nnc(-c2cccc(C)c2)s1. The van der Waals surface area contributed by atoms with Crippen LogP contribution < -0.4 is 20.7 Å². The van der Waals surface area contributed by atoms with Gasteiger partial charge < -0.3 is 15.4 Å². The molecule has 0 aliphatic rings. The van der Waals surface area contributed by atoms with Gasteiger partial charge in [-0.05, 0) is 30.7 Å². The molecule has 1 aromatic heterocycles. The lowest BCUT2D eigenvalue weighted by Gasteiger charge is -2.19. The number of nitrogens with one attached hydrogen (secondary N) is 3. The third-order valence-electron chi connectivity index (χ3n) is 5.18. The van der Waals surface area contributed by atoms with Gasteiger partial charge in [0.15, 0.2) is 0 Å². The molecule has 0 bridgehead atoms. The molecule has 3 amide bonds. The first kappa shape index (κ1) is 23.9. The predicted octanol–water partition coefficient (Wildman–Crippen LogP) is 4.89. The number of rotatable bonds is 8. The molecule has 0 radical (unpaired) electrons. The minimum atomic E-state index is -0.849. The van der Waals surface area contributed by atoms with Crippen molar-refractivity contribution in [1.29, 1.82) is 0 Å². The Labute approximate surface area is 207 Å². The van der Waals surface area contributed by atoms with Crippen LogP contribution in [0.4, 0.5) is 15.6 Å². The van der Waals surface area contributed by atoms with Gasteiger partial charge in [0.25, 0.3) is 0 Å². The Morgan fingerprint density at radius 3 is 2.49 bits per heavy atom. The van der Waals surface area contributed by atoms with Gasteiger partial charge in [0.2, 0.25) is 11.0 Å². The summed E-state index contributed by atoms with van der Waals surface area (Å²) in [6.07, 6.45) is 0.301. The van der Waals surface area contributed by atoms with Gasteiger partial charge in [-0.1, -0.05) is 77.6 Å². The van der Waals surface area contributed by atoms with Gasteiger partial charge in [-0.2, -0.15) is 0 Å². The highest BCUT2D eigenvalue weighted by molar-refractivity contribution is 7.18. The number of nitrogens with zero attached hydrogens (tertiary/aromatic N) is 2. The molecule has 0 aliphatic heterocycles. The maximum absolute atomic E-state index is 13.2. The fraction of sp³-hybridized carbons (Fsp3) is 0.154. The first-order valence-corrected chi connectivity index (χ1v) is 11.8. The number of urea groups is 1. The standard InChI is InChI=1S/C26H25N5O3S/c1-17-9-8-12-19(15-17)24-30-31-26(35-24)29-23(32)21(16-18-10-4-3-5-11-18)28-25(33)27-20-13-6-7-14-22(20)34-2/h3-15,21H,16H2,1-2H3,(H2,27,28,33)(H,29,31,32). The quantitative estimate of drug-likeness (QED) is 0.328. The van der Waals surface area contributed by atoms with Gasteiger partial charge in [-0.25, -0.2) is 4.79 Å². The average Bonchev–Trinajstić information content (AvgIpc) is 3.33. The Kier molecular flexibility index (Phi) is 7.69. The third-order valence-corrected chi connectivity index (χ3v) is 6.07. The van der Waals surface area contributed by atoms with E-state index in [0.717, 1.165) is 16.7 Å². The van der Waals surface area contributed by atoms with Crippen LogP contribution in [0.25, 0.3) is 10.6 Å². The Hall–Kier alpha value is -4.24. The Morgan fingerprint density at radius 1 is 0.943 bits per heavy atom. The molecule has 0 aliphatic carbocycles. The summed E-state index contributed by atoms with van der Waals surface area (Å²) in [6, 6.07) is 23.1. The Balaban J connectivity index is 1.49. The first-order valence-electron chi connectivity index (χ1n) is 11.0. The molecule has 3 aromatic carbocycles. The highest BCUT2D eigenvalue weighted by atomic mass is 32.1. The molecule has 0 spiro atoms. The van der Waals surface area contributed by atoms with Crippen molar-refractivity contribution in [2.75, 3.05) is 17.7 Å². The van der Waals surface area contributed by atoms with Crippen molar-refractivity contribution < 1.29 is 14.3 Å². The second-order valence-corrected chi connectivity index (χ2v) is 8.79. The van der Waals surface area contributed by atoms with Crippen molar-refractivity contribution in [3.63, 3.8) is 0 Å². The lowest BCUT2D eigenvalue weighted by Crippen LogP contribution is -2.47. The smallest absolute Gasteiger partial charge is 0.320 e. The van der Waals surface area contributed by atoms with Crippen molar-refractivity contribution >= 4 is 34.1 Å². The fourth-order valence-electron chi connectivity index (χ4n) is 3.48. The molecule has 3 N–H and O–H groups in total. The summed E-state index contributed by atoms with van der Waals surface area (Å²) in [5.74, 6) is 0.125. The zero-order valence-corrected chi connectivity index (χ0v) is 20.1. The number of para-hydroxylation sites is 2. The lowest BCUT2D eigenvalue weighted by molar-refractivity contribution is -0.117. The molecular formula is C26H25N5O3S. The maximum atomic E-state index is 13.2. The van der Waals surface area contributed by atoms with Crippen molar-refractivity contribution in [3.8, 4) is 16.3 Å². The normalized spacial score (nSPS) is 11.4. The zero-order chi connectivity index (χ0) is 24.6. The molecule has 1 unspecified atom stereocenters. The van der Waals surface area contributed by atoms with E-state index in [1.165, 1.54) is 18.4 Å². The summed E-state index contributed by atoms with van der Waals surface area (Å²) in [5.41, 5.74) is 3.44. The first-order chi connectivity index (χ1) is 17.0. The number of ether oxygens (including phenoxy) is 1. The summed E-state index contributed by atoms with van der Waals surface area (Å²) in [5, 5.41) is 17.7. The number of aromatic nitrogens is 2. The van der Waals surface area contributed by atoms with Gasteiger partial charge >= 0.3 is 6.03 Å². The summed E-state index contributed by atoms with van der Waals surface area (Å²) < 4.78 is 5.28. The molecule has 0 saturated carbocycles. The molecule has 1 atom stereocenters. The van der Waals surface area contributed by atoms with Crippen LogP contribution in [0.3, 0.4) is 0 Å². The van der Waals surface area contributed by atoms with Crippen molar-refractivity contribution in [2.24, 2.45) is 0 Å². The minimum absolute atomic E-state index is 0.301. The van der Waals surface area contributed by atoms with Crippen LogP contribution in [-0.4, -0.2) is 35.3 Å². The number of methoxy groups -OCH3 is 1. The molecule has 178 valence electrons. The molecule has 8 nitrogen and oxygen atoms in total. The van der Waals surface area contributed by atoms with Gasteiger partial charge in [0.05, 0.1) is 12.8 Å². The molecule has 4 rings (SSSR count). The number of aryl methyl sites for hydroxylation is 1. The van der Waals surface area contributed by atoms with Crippen LogP contribution in [-0.2, 0) is 11.2 Å². The molecule has 0 saturated heterocycles. The molecule has 0 fully saturated rings. The molecule has 35 heavy (non-hydrogen) atoms. The second kappa shape index (κ2) is 11.3. The van der Waals surface area contributed by atoms with E-state index in [-0.39, 0.29) is 0 Å². The fourth-order valence-corrected chi connectivity index (χ4v) is 4.23. The van der Waals surface area contributed by atoms with Crippen molar-refractivity contribution in [2.45, 2.75) is 19.4 Å². The predicted molar refractivity (Wildman–Crippen MR) is 138 cm³/mol. The van der Waals surface area contributed by atoms with E-state index in [1.54, 1.807) is 24.3 Å². The van der Waals surface area contributed by atoms with Crippen molar-refractivity contribution in [1.82, 2.24) is 15.5 Å². The largest absolute Gasteiger partial charge is 0.495 e. The van der Waals surface area contributed by atoms with Crippen molar-refractivity contribution in [3.05, 3.63) is 90.0 Å². The van der Waals surface area contributed by atoms with E-state index in [0.29, 0.717) is 28.0 Å². The van der Waals surface area contributed by atoms with Crippen LogP contribution in [0.1, 0.15) is 11.1 Å². The average molecular weight is 488 g/mol. The summed E-state index contributed by atoms with van der Waals surface area (Å²) in [4.78, 5) is 26.0. The van der Waals surface area contributed by atoms with E-state index in [9.17, 15) is 9.59 Å². The van der Waals surface area contributed by atoms with Gasteiger partial charge in [0.1, 0.15) is 16.8 Å². The van der Waals surface area contributed by atoms with Crippen LogP contribution in [0.5, 0.6) is 5.75 Å². The number of hydrogen-bond donors (Lipinski definition) is 3. The molecule has 9 heteroatoms. The van der Waals surface area contributed by atoms with E-state index in [1.807, 2.05) is 61.5 Å². The maximum Gasteiger partial charge on any atom is 0.320 e. The van der Waals surface area contributed by atoms with E-state index >= 15 is 0 Å². The van der Waals surface area contributed by atoms with E-state index < -0.39 is 18.0 Å². The Bertz CT molecular complexity index is 1310. The van der Waals surface area contributed by atoms with Crippen LogP contribution in [0, 0.1) is 6.92 Å². The number of carbonyl (C=O) groups is 2. The highest BCUT2D eigenvalue weighted by Gasteiger charge is 2.23. The van der Waals surface area contributed by atoms with Gasteiger partial charge in [-0.15, -0.1) is 10.2 Å². The van der Waals surface area contributed by atoms with Crippen LogP contribution in [0.15, 0.2) is 78.9 Å². The molecule has 4 aromatic rings. The summed E-state index contributed by atoms with van der Waals surface area (Å²) in [6.45, 7) is 2.00. The molecular weight excluding hydrogens is 462 g/mol. The summed E-state index contributed by atoms with van der Waals surface area (Å²) in [7, 11) is 1.52. The topological polar surface area (TPSA) is 105 Å². The van der Waals surface area contributed by atoms with E-state index in [4.69, 9.17) is 4.74 Å². The monoisotopic (exact) mass is 487 g/mol. The minimum Gasteiger partial charge on any atom is -0.495 e. The number of benzene rings is 3. The molecule has 1 heterocycles. The zero-order valence-electron chi connectivity index (χ0n) is 19.3. The number of hydrogen-bond acceptors (Lipinski definition) is 6. The van der Waals surface area contributed by atoms with Crippen LogP contribution >= 0.6 is 11.3 Å². The lowest BCUT2D eigenvalue weighted by atomic mass is 10.1. The van der Waals surface area contributed by atoms with Gasteiger partial charge in [-0.3, -0.25) is 10.1 Å². The highest BCUT2D eigenvalue weighted by Crippen LogP contribution is 2.27. The second-order valence-electron chi connectivity index (χ2n) is 7.81. The third kappa shape index (κ3) is 6.42. The number of amides is 3. The Morgan fingerprint density at radius 2 is 1.71 bits per heavy atom. The van der Waals surface area contributed by atoms with Crippen LogP contribution in [0.2, 0.25) is 0 Å². The van der Waals surface area contributed by atoms with E-state index in [2.05, 4.69) is 26.1 Å².